The maximum atomic E-state index is 13.8. The van der Waals surface area contributed by atoms with E-state index in [1.807, 2.05) is 35.2 Å². The van der Waals surface area contributed by atoms with E-state index >= 15 is 0 Å². The molecule has 0 fully saturated rings. The van der Waals surface area contributed by atoms with Gasteiger partial charge in [-0.3, -0.25) is 0 Å². The molecule has 0 saturated heterocycles. The van der Waals surface area contributed by atoms with Crippen LogP contribution in [0.25, 0.3) is 11.0 Å². The van der Waals surface area contributed by atoms with Gasteiger partial charge in [-0.25, -0.2) is 13.8 Å². The van der Waals surface area contributed by atoms with Crippen molar-refractivity contribution in [2.75, 3.05) is 7.11 Å². The van der Waals surface area contributed by atoms with Crippen LogP contribution in [-0.4, -0.2) is 7.11 Å². The Morgan fingerprint density at radius 2 is 1.79 bits per heavy atom. The molecule has 4 aromatic rings. The summed E-state index contributed by atoms with van der Waals surface area (Å²) in [6.07, 6.45) is 3.75. The van der Waals surface area contributed by atoms with Crippen LogP contribution in [0.2, 0.25) is 0 Å². The Morgan fingerprint density at radius 3 is 2.55 bits per heavy atom. The molecule has 0 atom stereocenters. The van der Waals surface area contributed by atoms with E-state index in [1.54, 1.807) is 37.4 Å². The number of ether oxygens (including phenoxy) is 2. The van der Waals surface area contributed by atoms with Gasteiger partial charge in [-0.05, 0) is 24.3 Å². The first-order valence-corrected chi connectivity index (χ1v) is 9.08. The van der Waals surface area contributed by atoms with Crippen molar-refractivity contribution in [3.63, 3.8) is 0 Å². The number of methoxy groups -OCH3 is 1. The molecule has 5 nitrogen and oxygen atoms in total. The predicted octanol–water partition coefficient (Wildman–Crippen LogP) is 3.86. The highest BCUT2D eigenvalue weighted by Crippen LogP contribution is 2.32. The van der Waals surface area contributed by atoms with Crippen molar-refractivity contribution in [1.29, 1.82) is 0 Å². The fraction of sp³-hybridized carbons (Fsp3) is 0.130. The van der Waals surface area contributed by atoms with Crippen LogP contribution in [0, 0.1) is 5.82 Å². The third kappa shape index (κ3) is 4.27. The molecule has 0 aliphatic heterocycles. The molecule has 0 spiro atoms. The van der Waals surface area contributed by atoms with E-state index < -0.39 is 5.63 Å². The minimum atomic E-state index is -0.420. The van der Waals surface area contributed by atoms with Gasteiger partial charge in [0.1, 0.15) is 18.0 Å². The van der Waals surface area contributed by atoms with Crippen molar-refractivity contribution in [2.24, 2.45) is 0 Å². The molecule has 146 valence electrons. The van der Waals surface area contributed by atoms with Crippen molar-refractivity contribution >= 4 is 11.0 Å². The summed E-state index contributed by atoms with van der Waals surface area (Å²) in [5.41, 5.74) is 1.58. The van der Waals surface area contributed by atoms with Gasteiger partial charge in [0.15, 0.2) is 30.4 Å². The molecule has 0 amide bonds. The van der Waals surface area contributed by atoms with Crippen LogP contribution in [0.4, 0.5) is 4.39 Å². The standard InChI is InChI=1S/C23H19FNO4/c1-27-21-12-17-6-7-23(26)29-20(17)13-22(21)28-15-16-8-10-25(11-9-16)14-18-4-2-3-5-19(18)24/h2-13H,14-15H2,1H3/q+1. The first kappa shape index (κ1) is 18.7. The topological polar surface area (TPSA) is 52.6 Å². The molecule has 29 heavy (non-hydrogen) atoms. The summed E-state index contributed by atoms with van der Waals surface area (Å²) < 4.78 is 32.2. The molecule has 0 radical (unpaired) electrons. The number of halogens is 1. The Morgan fingerprint density at radius 1 is 1.00 bits per heavy atom. The van der Waals surface area contributed by atoms with Crippen LogP contribution in [0.15, 0.2) is 82.3 Å². The fourth-order valence-corrected chi connectivity index (χ4v) is 3.02. The van der Waals surface area contributed by atoms with Gasteiger partial charge in [0, 0.05) is 35.2 Å². The van der Waals surface area contributed by atoms with Crippen LogP contribution >= 0.6 is 0 Å². The number of hydrogen-bond acceptors (Lipinski definition) is 4. The van der Waals surface area contributed by atoms with Gasteiger partial charge in [-0.2, -0.15) is 0 Å². The summed E-state index contributed by atoms with van der Waals surface area (Å²) in [6, 6.07) is 17.0. The maximum absolute atomic E-state index is 13.8. The Hall–Kier alpha value is -3.67. The van der Waals surface area contributed by atoms with Crippen molar-refractivity contribution in [3.05, 3.63) is 100 Å². The molecule has 4 rings (SSSR count). The fourth-order valence-electron chi connectivity index (χ4n) is 3.02. The zero-order valence-corrected chi connectivity index (χ0v) is 15.8. The summed E-state index contributed by atoms with van der Waals surface area (Å²) in [5, 5.41) is 0.752. The molecule has 0 saturated carbocycles. The van der Waals surface area contributed by atoms with Crippen LogP contribution in [-0.2, 0) is 13.2 Å². The molecule has 2 aromatic heterocycles. The van der Waals surface area contributed by atoms with E-state index in [0.29, 0.717) is 35.8 Å². The van der Waals surface area contributed by atoms with Gasteiger partial charge in [0.25, 0.3) is 0 Å². The number of benzene rings is 2. The van der Waals surface area contributed by atoms with Gasteiger partial charge < -0.3 is 13.9 Å². The van der Waals surface area contributed by atoms with E-state index in [1.165, 1.54) is 12.1 Å². The van der Waals surface area contributed by atoms with Gasteiger partial charge in [0.2, 0.25) is 0 Å². The second kappa shape index (κ2) is 8.14. The number of rotatable bonds is 6. The molecule has 0 unspecified atom stereocenters. The monoisotopic (exact) mass is 392 g/mol. The molecule has 2 aromatic carbocycles. The first-order valence-electron chi connectivity index (χ1n) is 9.08. The zero-order chi connectivity index (χ0) is 20.2. The molecular formula is C23H19FNO4+. The van der Waals surface area contributed by atoms with Crippen molar-refractivity contribution in [2.45, 2.75) is 13.2 Å². The Labute approximate surface area is 166 Å². The average Bonchev–Trinajstić information content (AvgIpc) is 2.74. The predicted molar refractivity (Wildman–Crippen MR) is 106 cm³/mol. The van der Waals surface area contributed by atoms with Crippen LogP contribution in [0.1, 0.15) is 11.1 Å². The summed E-state index contributed by atoms with van der Waals surface area (Å²) in [7, 11) is 1.56. The highest BCUT2D eigenvalue weighted by Gasteiger charge is 2.11. The minimum Gasteiger partial charge on any atom is -0.493 e. The molecule has 6 heteroatoms. The summed E-state index contributed by atoms with van der Waals surface area (Å²) in [4.78, 5) is 11.4. The first-order chi connectivity index (χ1) is 14.1. The third-order valence-electron chi connectivity index (χ3n) is 4.57. The normalized spacial score (nSPS) is 10.8. The summed E-state index contributed by atoms with van der Waals surface area (Å²) >= 11 is 0. The van der Waals surface area contributed by atoms with Crippen molar-refractivity contribution in [3.8, 4) is 11.5 Å². The van der Waals surface area contributed by atoms with E-state index in [-0.39, 0.29) is 5.82 Å². The Balaban J connectivity index is 1.49. The Kier molecular flexibility index (Phi) is 5.24. The molecule has 0 aliphatic carbocycles. The highest BCUT2D eigenvalue weighted by atomic mass is 19.1. The lowest BCUT2D eigenvalue weighted by molar-refractivity contribution is -0.688. The lowest BCUT2D eigenvalue weighted by atomic mass is 10.2. The summed E-state index contributed by atoms with van der Waals surface area (Å²) in [6.45, 7) is 0.755. The molecular weight excluding hydrogens is 373 g/mol. The van der Waals surface area contributed by atoms with Gasteiger partial charge in [-0.15, -0.1) is 0 Å². The lowest BCUT2D eigenvalue weighted by Crippen LogP contribution is -2.33. The molecule has 0 bridgehead atoms. The van der Waals surface area contributed by atoms with E-state index in [4.69, 9.17) is 13.9 Å². The van der Waals surface area contributed by atoms with Gasteiger partial charge >= 0.3 is 5.63 Å². The van der Waals surface area contributed by atoms with Gasteiger partial charge in [-0.1, -0.05) is 12.1 Å². The molecule has 0 aliphatic rings. The summed E-state index contributed by atoms with van der Waals surface area (Å²) in [5.74, 6) is 0.816. The quantitative estimate of drug-likeness (QED) is 0.369. The highest BCUT2D eigenvalue weighted by molar-refractivity contribution is 5.80. The maximum Gasteiger partial charge on any atom is 0.336 e. The largest absolute Gasteiger partial charge is 0.493 e. The molecule has 2 heterocycles. The van der Waals surface area contributed by atoms with E-state index in [2.05, 4.69) is 0 Å². The van der Waals surface area contributed by atoms with Crippen LogP contribution < -0.4 is 19.7 Å². The minimum absolute atomic E-state index is 0.220. The Bertz CT molecular complexity index is 1200. The van der Waals surface area contributed by atoms with E-state index in [9.17, 15) is 9.18 Å². The number of fused-ring (bicyclic) bond motifs is 1. The van der Waals surface area contributed by atoms with Gasteiger partial charge in [0.05, 0.1) is 12.7 Å². The van der Waals surface area contributed by atoms with Crippen molar-refractivity contribution in [1.82, 2.24) is 0 Å². The number of pyridine rings is 1. The van der Waals surface area contributed by atoms with Crippen molar-refractivity contribution < 1.29 is 22.8 Å². The molecule has 0 N–H and O–H groups in total. The number of hydrogen-bond donors (Lipinski definition) is 0. The smallest absolute Gasteiger partial charge is 0.336 e. The zero-order valence-electron chi connectivity index (χ0n) is 15.8. The third-order valence-corrected chi connectivity index (χ3v) is 4.57. The SMILES string of the molecule is COc1cc2ccc(=O)oc2cc1OCc1cc[n+](Cc2ccccc2F)cc1. The van der Waals surface area contributed by atoms with E-state index in [0.717, 1.165) is 10.9 Å². The van der Waals surface area contributed by atoms with Crippen LogP contribution in [0.3, 0.4) is 0 Å². The number of aromatic nitrogens is 1. The average molecular weight is 392 g/mol. The second-order valence-electron chi connectivity index (χ2n) is 6.55. The second-order valence-corrected chi connectivity index (χ2v) is 6.55. The lowest BCUT2D eigenvalue weighted by Gasteiger charge is -2.11. The number of nitrogens with zero attached hydrogens (tertiary/aromatic N) is 1. The van der Waals surface area contributed by atoms with Crippen LogP contribution in [0.5, 0.6) is 11.5 Å².